The molecule has 7 rings (SSSR count). The van der Waals surface area contributed by atoms with Crippen molar-refractivity contribution in [1.82, 2.24) is 9.97 Å². The van der Waals surface area contributed by atoms with Crippen LogP contribution in [0.3, 0.4) is 0 Å². The van der Waals surface area contributed by atoms with E-state index < -0.39 is 0 Å². The summed E-state index contributed by atoms with van der Waals surface area (Å²) in [7, 11) is 0. The molecule has 3 atom stereocenters. The van der Waals surface area contributed by atoms with E-state index in [0.29, 0.717) is 28.5 Å². The number of aromatic nitrogens is 2. The van der Waals surface area contributed by atoms with Gasteiger partial charge in [0.1, 0.15) is 17.6 Å². The lowest BCUT2D eigenvalue weighted by molar-refractivity contribution is -0.0458. The van der Waals surface area contributed by atoms with E-state index in [0.717, 1.165) is 45.9 Å². The molecule has 0 bridgehead atoms. The Morgan fingerprint density at radius 3 is 2.49 bits per heavy atom. The van der Waals surface area contributed by atoms with Gasteiger partial charge in [-0.25, -0.2) is 9.97 Å². The second kappa shape index (κ2) is 7.64. The van der Waals surface area contributed by atoms with Crippen molar-refractivity contribution in [2.75, 3.05) is 0 Å². The third-order valence-electron chi connectivity index (χ3n) is 8.87. The molecule has 5 aromatic rings. The van der Waals surface area contributed by atoms with Crippen LogP contribution >= 0.6 is 0 Å². The Balaban J connectivity index is 1.56. The maximum absolute atomic E-state index is 13.0. The van der Waals surface area contributed by atoms with Gasteiger partial charge in [0.15, 0.2) is 5.78 Å². The number of ether oxygens (including phenoxy) is 1. The van der Waals surface area contributed by atoms with E-state index in [9.17, 15) is 4.79 Å². The number of ketones is 1. The summed E-state index contributed by atoms with van der Waals surface area (Å²) in [6.45, 7) is 9.26. The van der Waals surface area contributed by atoms with Crippen LogP contribution in [0.1, 0.15) is 68.4 Å². The first-order chi connectivity index (χ1) is 17.8. The van der Waals surface area contributed by atoms with E-state index in [1.54, 1.807) is 6.07 Å². The Morgan fingerprint density at radius 1 is 0.919 bits per heavy atom. The van der Waals surface area contributed by atoms with E-state index in [2.05, 4.69) is 45.9 Å². The Bertz CT molecular complexity index is 1720. The van der Waals surface area contributed by atoms with E-state index in [-0.39, 0.29) is 16.8 Å². The molecule has 0 amide bonds. The minimum atomic E-state index is -0.285. The molecule has 2 aliphatic rings. The van der Waals surface area contributed by atoms with Gasteiger partial charge in [0, 0.05) is 33.2 Å². The first kappa shape index (κ1) is 22.5. The molecular formula is C32H30N2O3. The van der Waals surface area contributed by atoms with Crippen LogP contribution in [0.15, 0.2) is 65.5 Å². The van der Waals surface area contributed by atoms with Gasteiger partial charge >= 0.3 is 0 Å². The average molecular weight is 491 g/mol. The van der Waals surface area contributed by atoms with E-state index in [4.69, 9.17) is 19.1 Å². The van der Waals surface area contributed by atoms with Crippen LogP contribution in [-0.2, 0) is 5.41 Å². The van der Waals surface area contributed by atoms with Crippen molar-refractivity contribution in [1.29, 1.82) is 0 Å². The molecule has 3 aromatic carbocycles. The van der Waals surface area contributed by atoms with E-state index in [1.807, 2.05) is 24.3 Å². The smallest absolute Gasteiger partial charge is 0.196 e. The van der Waals surface area contributed by atoms with Crippen molar-refractivity contribution in [2.24, 2.45) is 11.8 Å². The van der Waals surface area contributed by atoms with Crippen molar-refractivity contribution in [3.05, 3.63) is 77.7 Å². The molecular weight excluding hydrogens is 460 g/mol. The topological polar surface area (TPSA) is 65.2 Å². The quantitative estimate of drug-likeness (QED) is 0.145. The van der Waals surface area contributed by atoms with Crippen LogP contribution in [0.4, 0.5) is 0 Å². The lowest BCUT2D eigenvalue weighted by atomic mass is 9.55. The Labute approximate surface area is 215 Å². The minimum absolute atomic E-state index is 0.0868. The summed E-state index contributed by atoms with van der Waals surface area (Å²) < 4.78 is 12.0. The van der Waals surface area contributed by atoms with Crippen molar-refractivity contribution in [3.63, 3.8) is 0 Å². The number of hydrogen-bond donors (Lipinski definition) is 0. The fourth-order valence-corrected chi connectivity index (χ4v) is 7.35. The van der Waals surface area contributed by atoms with Gasteiger partial charge in [-0.3, -0.25) is 4.79 Å². The maximum Gasteiger partial charge on any atom is 0.196 e. The standard InChI is InChI=1S/C32H30N2O3/c1-18-9-12-25-31(2,3)37-30-22-8-6-5-7-21(22)27-28(26(30)32(25,4)16-18)34-24-15-19(10-11-23(24)33-27)29(35)20-13-14-36-17-20/h5-8,10-11,13-15,17-18,25H,9,12,16H2,1-4H3/t18-,25+,32-/m0/s1. The molecule has 0 spiro atoms. The van der Waals surface area contributed by atoms with E-state index in [1.165, 1.54) is 24.5 Å². The average Bonchev–Trinajstić information content (AvgIpc) is 3.41. The van der Waals surface area contributed by atoms with Gasteiger partial charge in [-0.05, 0) is 56.9 Å². The zero-order valence-electron chi connectivity index (χ0n) is 21.7. The zero-order valence-corrected chi connectivity index (χ0v) is 21.7. The SMILES string of the molecule is C[C@H]1CC[C@@H]2C(C)(C)Oc3c(c4nc5cc(C(=O)c6ccoc6)ccc5nc4c4ccccc34)[C@@]2(C)C1. The predicted molar refractivity (Wildman–Crippen MR) is 145 cm³/mol. The molecule has 186 valence electrons. The number of fused-ring (bicyclic) bond motifs is 9. The van der Waals surface area contributed by atoms with E-state index >= 15 is 0 Å². The minimum Gasteiger partial charge on any atom is -0.486 e. The summed E-state index contributed by atoms with van der Waals surface area (Å²) in [6.07, 6.45) is 6.42. The first-order valence-corrected chi connectivity index (χ1v) is 13.2. The Kier molecular flexibility index (Phi) is 4.64. The third-order valence-corrected chi connectivity index (χ3v) is 8.87. The molecule has 1 aliphatic carbocycles. The normalized spacial score (nSPS) is 24.5. The molecule has 5 nitrogen and oxygen atoms in total. The van der Waals surface area contributed by atoms with Crippen molar-refractivity contribution in [3.8, 4) is 5.75 Å². The van der Waals surface area contributed by atoms with Gasteiger partial charge in [-0.2, -0.15) is 0 Å². The van der Waals surface area contributed by atoms with Crippen LogP contribution in [-0.4, -0.2) is 21.4 Å². The number of rotatable bonds is 2. The van der Waals surface area contributed by atoms with Crippen molar-refractivity contribution >= 4 is 38.6 Å². The third kappa shape index (κ3) is 3.19. The molecule has 1 fully saturated rings. The second-order valence-electron chi connectivity index (χ2n) is 11.8. The zero-order chi connectivity index (χ0) is 25.5. The number of benzene rings is 3. The highest BCUT2D eigenvalue weighted by Gasteiger charge is 2.54. The Hall–Kier alpha value is -3.73. The van der Waals surface area contributed by atoms with Crippen molar-refractivity contribution in [2.45, 2.75) is 58.0 Å². The summed E-state index contributed by atoms with van der Waals surface area (Å²) in [5, 5.41) is 2.14. The van der Waals surface area contributed by atoms with Crippen LogP contribution in [0, 0.1) is 11.8 Å². The molecule has 0 radical (unpaired) electrons. The van der Waals surface area contributed by atoms with Gasteiger partial charge < -0.3 is 9.15 Å². The summed E-state index contributed by atoms with van der Waals surface area (Å²) in [5.74, 6) is 1.85. The monoisotopic (exact) mass is 490 g/mol. The molecule has 0 N–H and O–H groups in total. The van der Waals surface area contributed by atoms with Crippen LogP contribution in [0.25, 0.3) is 32.8 Å². The predicted octanol–water partition coefficient (Wildman–Crippen LogP) is 7.63. The molecule has 0 saturated heterocycles. The lowest BCUT2D eigenvalue weighted by Gasteiger charge is -2.55. The number of nitrogens with zero attached hydrogens (tertiary/aromatic N) is 2. The summed E-state index contributed by atoms with van der Waals surface area (Å²) in [6, 6.07) is 15.7. The number of carbonyl (C=O) groups is 1. The summed E-state index contributed by atoms with van der Waals surface area (Å²) in [4.78, 5) is 23.5. The summed E-state index contributed by atoms with van der Waals surface area (Å²) in [5.41, 5.74) is 5.19. The maximum atomic E-state index is 13.0. The molecule has 1 saturated carbocycles. The van der Waals surface area contributed by atoms with Crippen LogP contribution in [0.2, 0.25) is 0 Å². The number of furan rings is 1. The fraction of sp³-hybridized carbons (Fsp3) is 0.344. The molecule has 0 unspecified atom stereocenters. The highest BCUT2D eigenvalue weighted by molar-refractivity contribution is 6.13. The van der Waals surface area contributed by atoms with Gasteiger partial charge in [-0.1, -0.05) is 44.5 Å². The van der Waals surface area contributed by atoms with Gasteiger partial charge in [-0.15, -0.1) is 0 Å². The largest absolute Gasteiger partial charge is 0.486 e. The summed E-state index contributed by atoms with van der Waals surface area (Å²) >= 11 is 0. The van der Waals surface area contributed by atoms with Crippen LogP contribution in [0.5, 0.6) is 5.75 Å². The van der Waals surface area contributed by atoms with Crippen molar-refractivity contribution < 1.29 is 13.9 Å². The molecule has 3 heterocycles. The lowest BCUT2D eigenvalue weighted by Crippen LogP contribution is -2.55. The van der Waals surface area contributed by atoms with Gasteiger partial charge in [0.05, 0.1) is 33.9 Å². The molecule has 5 heteroatoms. The number of carbonyl (C=O) groups excluding carboxylic acids is 1. The molecule has 2 aromatic heterocycles. The number of hydrogen-bond acceptors (Lipinski definition) is 5. The molecule has 37 heavy (non-hydrogen) atoms. The van der Waals surface area contributed by atoms with Gasteiger partial charge in [0.2, 0.25) is 0 Å². The highest BCUT2D eigenvalue weighted by Crippen LogP contribution is 2.59. The Morgan fingerprint density at radius 2 is 1.70 bits per heavy atom. The first-order valence-electron chi connectivity index (χ1n) is 13.2. The van der Waals surface area contributed by atoms with Gasteiger partial charge in [0.25, 0.3) is 0 Å². The fourth-order valence-electron chi connectivity index (χ4n) is 7.35. The molecule has 1 aliphatic heterocycles. The highest BCUT2D eigenvalue weighted by atomic mass is 16.5. The van der Waals surface area contributed by atoms with Crippen LogP contribution < -0.4 is 4.74 Å². The second-order valence-corrected chi connectivity index (χ2v) is 11.8.